The van der Waals surface area contributed by atoms with Crippen molar-refractivity contribution in [1.82, 2.24) is 10.2 Å². The second-order valence-electron chi connectivity index (χ2n) is 6.99. The molecule has 0 unspecified atom stereocenters. The van der Waals surface area contributed by atoms with Crippen LogP contribution in [0.15, 0.2) is 66.7 Å². The van der Waals surface area contributed by atoms with Gasteiger partial charge in [-0.05, 0) is 49.5 Å². The molecule has 0 spiro atoms. The number of hydrogen-bond acceptors (Lipinski definition) is 3. The first-order chi connectivity index (χ1) is 13.0. The van der Waals surface area contributed by atoms with Crippen molar-refractivity contribution in [2.45, 2.75) is 13.0 Å². The molecular weight excluding hydrogens is 336 g/mol. The van der Waals surface area contributed by atoms with Crippen LogP contribution in [0.5, 0.6) is 5.75 Å². The number of aryl methyl sites for hydroxylation is 1. The fraction of sp³-hybridized carbons (Fsp3) is 0.261. The van der Waals surface area contributed by atoms with Crippen LogP contribution in [0.3, 0.4) is 0 Å². The Kier molecular flexibility index (Phi) is 6.09. The topological polar surface area (TPSA) is 41.6 Å². The molecule has 0 aliphatic rings. The van der Waals surface area contributed by atoms with Crippen LogP contribution in [0.1, 0.15) is 17.2 Å². The number of amides is 1. The number of benzene rings is 3. The highest BCUT2D eigenvalue weighted by Crippen LogP contribution is 2.21. The van der Waals surface area contributed by atoms with E-state index < -0.39 is 0 Å². The number of carbonyl (C=O) groups is 1. The summed E-state index contributed by atoms with van der Waals surface area (Å²) < 4.78 is 5.66. The lowest BCUT2D eigenvalue weighted by Gasteiger charge is -2.25. The van der Waals surface area contributed by atoms with Crippen molar-refractivity contribution in [2.75, 3.05) is 27.2 Å². The summed E-state index contributed by atoms with van der Waals surface area (Å²) >= 11 is 0. The van der Waals surface area contributed by atoms with Gasteiger partial charge in [0.25, 0.3) is 5.91 Å². The van der Waals surface area contributed by atoms with Gasteiger partial charge in [0.2, 0.25) is 0 Å². The van der Waals surface area contributed by atoms with Crippen LogP contribution >= 0.6 is 0 Å². The molecule has 27 heavy (non-hydrogen) atoms. The molecule has 0 aromatic heterocycles. The SMILES string of the molecule is Cc1ccc([C@H](CNC(=O)COc2ccc3ccccc3c2)N(C)C)cc1. The Balaban J connectivity index is 1.55. The van der Waals surface area contributed by atoms with Crippen molar-refractivity contribution in [1.29, 1.82) is 0 Å². The van der Waals surface area contributed by atoms with Gasteiger partial charge in [0.15, 0.2) is 6.61 Å². The average molecular weight is 362 g/mol. The molecular formula is C23H26N2O2. The average Bonchev–Trinajstić information content (AvgIpc) is 2.67. The van der Waals surface area contributed by atoms with E-state index in [1.807, 2.05) is 50.5 Å². The van der Waals surface area contributed by atoms with E-state index >= 15 is 0 Å². The number of ether oxygens (including phenoxy) is 1. The summed E-state index contributed by atoms with van der Waals surface area (Å²) in [6.07, 6.45) is 0. The Morgan fingerprint density at radius 1 is 1.00 bits per heavy atom. The van der Waals surface area contributed by atoms with Gasteiger partial charge in [-0.2, -0.15) is 0 Å². The fourth-order valence-electron chi connectivity index (χ4n) is 3.05. The van der Waals surface area contributed by atoms with E-state index in [0.717, 1.165) is 10.8 Å². The Morgan fingerprint density at radius 3 is 2.41 bits per heavy atom. The highest BCUT2D eigenvalue weighted by Gasteiger charge is 2.15. The molecule has 0 saturated carbocycles. The number of nitrogens with one attached hydrogen (secondary N) is 1. The van der Waals surface area contributed by atoms with Crippen LogP contribution in [-0.2, 0) is 4.79 Å². The molecule has 4 nitrogen and oxygen atoms in total. The zero-order valence-electron chi connectivity index (χ0n) is 16.1. The first-order valence-electron chi connectivity index (χ1n) is 9.14. The van der Waals surface area contributed by atoms with E-state index in [0.29, 0.717) is 12.3 Å². The Labute approximate surface area is 160 Å². The summed E-state index contributed by atoms with van der Waals surface area (Å²) in [6, 6.07) is 22.5. The molecule has 0 fully saturated rings. The van der Waals surface area contributed by atoms with E-state index in [1.165, 1.54) is 11.1 Å². The molecule has 0 aliphatic carbocycles. The quantitative estimate of drug-likeness (QED) is 0.692. The zero-order chi connectivity index (χ0) is 19.2. The summed E-state index contributed by atoms with van der Waals surface area (Å²) in [5.41, 5.74) is 2.41. The first kappa shape index (κ1) is 18.9. The molecule has 1 N–H and O–H groups in total. The molecule has 0 radical (unpaired) electrons. The summed E-state index contributed by atoms with van der Waals surface area (Å²) in [6.45, 7) is 2.61. The van der Waals surface area contributed by atoms with Crippen LogP contribution in [0.4, 0.5) is 0 Å². The maximum atomic E-state index is 12.2. The van der Waals surface area contributed by atoms with E-state index in [9.17, 15) is 4.79 Å². The third kappa shape index (κ3) is 5.08. The minimum Gasteiger partial charge on any atom is -0.484 e. The highest BCUT2D eigenvalue weighted by atomic mass is 16.5. The monoisotopic (exact) mass is 362 g/mol. The normalized spacial score (nSPS) is 12.1. The van der Waals surface area contributed by atoms with E-state index in [1.54, 1.807) is 0 Å². The lowest BCUT2D eigenvalue weighted by Crippen LogP contribution is -2.36. The second kappa shape index (κ2) is 8.69. The molecule has 0 saturated heterocycles. The third-order valence-electron chi connectivity index (χ3n) is 4.67. The number of likely N-dealkylation sites (N-methyl/N-ethyl adjacent to an activating group) is 1. The van der Waals surface area contributed by atoms with Gasteiger partial charge in [0.05, 0.1) is 6.04 Å². The van der Waals surface area contributed by atoms with Crippen molar-refractivity contribution in [3.63, 3.8) is 0 Å². The predicted molar refractivity (Wildman–Crippen MR) is 110 cm³/mol. The largest absolute Gasteiger partial charge is 0.484 e. The molecule has 4 heteroatoms. The van der Waals surface area contributed by atoms with Crippen LogP contribution in [0.2, 0.25) is 0 Å². The molecule has 0 aliphatic heterocycles. The smallest absolute Gasteiger partial charge is 0.258 e. The maximum absolute atomic E-state index is 12.2. The Morgan fingerprint density at radius 2 is 1.70 bits per heavy atom. The predicted octanol–water partition coefficient (Wildman–Crippen LogP) is 3.95. The Bertz CT molecular complexity index is 904. The molecule has 3 rings (SSSR count). The summed E-state index contributed by atoms with van der Waals surface area (Å²) in [7, 11) is 4.03. The van der Waals surface area contributed by atoms with Gasteiger partial charge in [0, 0.05) is 6.54 Å². The van der Waals surface area contributed by atoms with Gasteiger partial charge in [-0.3, -0.25) is 4.79 Å². The molecule has 1 atom stereocenters. The van der Waals surface area contributed by atoms with Crippen LogP contribution in [0, 0.1) is 6.92 Å². The van der Waals surface area contributed by atoms with Crippen molar-refractivity contribution in [3.8, 4) is 5.75 Å². The van der Waals surface area contributed by atoms with Crippen molar-refractivity contribution in [3.05, 3.63) is 77.9 Å². The number of fused-ring (bicyclic) bond motifs is 1. The Hall–Kier alpha value is -2.85. The third-order valence-corrected chi connectivity index (χ3v) is 4.67. The molecule has 0 bridgehead atoms. The number of hydrogen-bond donors (Lipinski definition) is 1. The fourth-order valence-corrected chi connectivity index (χ4v) is 3.05. The maximum Gasteiger partial charge on any atom is 0.258 e. The molecule has 0 heterocycles. The number of rotatable bonds is 7. The van der Waals surface area contributed by atoms with E-state index in [-0.39, 0.29) is 18.6 Å². The standard InChI is InChI=1S/C23H26N2O2/c1-17-8-10-19(11-9-17)22(25(2)3)15-24-23(26)16-27-21-13-12-18-6-4-5-7-20(18)14-21/h4-14,22H,15-16H2,1-3H3,(H,24,26)/t22-/m0/s1. The van der Waals surface area contributed by atoms with E-state index in [4.69, 9.17) is 4.74 Å². The molecule has 3 aromatic rings. The van der Waals surface area contributed by atoms with Gasteiger partial charge >= 0.3 is 0 Å². The van der Waals surface area contributed by atoms with Crippen LogP contribution in [0.25, 0.3) is 10.8 Å². The van der Waals surface area contributed by atoms with Crippen molar-refractivity contribution < 1.29 is 9.53 Å². The number of nitrogens with zero attached hydrogens (tertiary/aromatic N) is 1. The molecule has 140 valence electrons. The van der Waals surface area contributed by atoms with Crippen molar-refractivity contribution >= 4 is 16.7 Å². The van der Waals surface area contributed by atoms with Crippen molar-refractivity contribution in [2.24, 2.45) is 0 Å². The minimum absolute atomic E-state index is 0.00634. The lowest BCUT2D eigenvalue weighted by molar-refractivity contribution is -0.123. The van der Waals surface area contributed by atoms with Gasteiger partial charge in [-0.1, -0.05) is 60.2 Å². The number of carbonyl (C=O) groups excluding carboxylic acids is 1. The molecule has 1 amide bonds. The minimum atomic E-state index is -0.123. The van der Waals surface area contributed by atoms with Crippen LogP contribution in [-0.4, -0.2) is 38.1 Å². The van der Waals surface area contributed by atoms with E-state index in [2.05, 4.69) is 47.5 Å². The second-order valence-corrected chi connectivity index (χ2v) is 6.99. The molecule has 3 aromatic carbocycles. The zero-order valence-corrected chi connectivity index (χ0v) is 16.1. The summed E-state index contributed by atoms with van der Waals surface area (Å²) in [4.78, 5) is 14.3. The highest BCUT2D eigenvalue weighted by molar-refractivity contribution is 5.84. The summed E-state index contributed by atoms with van der Waals surface area (Å²) in [5.74, 6) is 0.577. The first-order valence-corrected chi connectivity index (χ1v) is 9.14. The van der Waals surface area contributed by atoms with Gasteiger partial charge in [-0.15, -0.1) is 0 Å². The van der Waals surface area contributed by atoms with Gasteiger partial charge in [0.1, 0.15) is 5.75 Å². The lowest BCUT2D eigenvalue weighted by atomic mass is 10.0. The van der Waals surface area contributed by atoms with Gasteiger partial charge in [-0.25, -0.2) is 0 Å². The van der Waals surface area contributed by atoms with Crippen LogP contribution < -0.4 is 10.1 Å². The van der Waals surface area contributed by atoms with Gasteiger partial charge < -0.3 is 15.0 Å². The summed E-state index contributed by atoms with van der Waals surface area (Å²) in [5, 5.41) is 5.23.